The van der Waals surface area contributed by atoms with Crippen molar-refractivity contribution in [2.24, 2.45) is 11.3 Å². The van der Waals surface area contributed by atoms with Gasteiger partial charge in [0.05, 0.1) is 0 Å². The van der Waals surface area contributed by atoms with E-state index in [2.05, 4.69) is 0 Å². The second-order valence-electron chi connectivity index (χ2n) is 3.69. The summed E-state index contributed by atoms with van der Waals surface area (Å²) in [5.41, 5.74) is -0.0145. The third kappa shape index (κ3) is 1.00. The van der Waals surface area contributed by atoms with Crippen LogP contribution in [0.4, 0.5) is 0 Å². The monoisotopic (exact) mass is 126 g/mol. The van der Waals surface area contributed by atoms with Gasteiger partial charge in [0.25, 0.3) is 0 Å². The molecule has 0 aromatic carbocycles. The highest BCUT2D eigenvalue weighted by Crippen LogP contribution is 2.36. The lowest BCUT2D eigenvalue weighted by Gasteiger charge is -2.13. The van der Waals surface area contributed by atoms with Crippen molar-refractivity contribution in [2.75, 3.05) is 0 Å². The zero-order valence-corrected chi connectivity index (χ0v) is 6.40. The molecule has 0 saturated heterocycles. The highest BCUT2D eigenvalue weighted by Gasteiger charge is 2.37. The second-order valence-corrected chi connectivity index (χ2v) is 3.69. The molecule has 1 fully saturated rings. The van der Waals surface area contributed by atoms with E-state index < -0.39 is 0 Å². The van der Waals surface area contributed by atoms with Crippen molar-refractivity contribution in [2.45, 2.75) is 33.6 Å². The van der Waals surface area contributed by atoms with Gasteiger partial charge in [0.2, 0.25) is 0 Å². The van der Waals surface area contributed by atoms with Crippen LogP contribution in [0.25, 0.3) is 0 Å². The van der Waals surface area contributed by atoms with Crippen LogP contribution in [-0.4, -0.2) is 5.78 Å². The van der Waals surface area contributed by atoms with Crippen molar-refractivity contribution < 1.29 is 4.79 Å². The van der Waals surface area contributed by atoms with E-state index in [0.29, 0.717) is 11.7 Å². The zero-order chi connectivity index (χ0) is 7.07. The van der Waals surface area contributed by atoms with Gasteiger partial charge in [-0.3, -0.25) is 4.79 Å². The summed E-state index contributed by atoms with van der Waals surface area (Å²) in [6.07, 6.45) is 2.17. The fraction of sp³-hybridized carbons (Fsp3) is 0.875. The third-order valence-corrected chi connectivity index (χ3v) is 2.32. The highest BCUT2D eigenvalue weighted by atomic mass is 16.1. The van der Waals surface area contributed by atoms with E-state index in [0.717, 1.165) is 12.8 Å². The van der Waals surface area contributed by atoms with Crippen LogP contribution in [0.5, 0.6) is 0 Å². The van der Waals surface area contributed by atoms with Gasteiger partial charge >= 0.3 is 0 Å². The Labute approximate surface area is 56.4 Å². The van der Waals surface area contributed by atoms with E-state index in [1.165, 1.54) is 0 Å². The lowest BCUT2D eigenvalue weighted by Crippen LogP contribution is -2.19. The van der Waals surface area contributed by atoms with Gasteiger partial charge in [0, 0.05) is 11.3 Å². The molecule has 0 spiro atoms. The molecule has 0 N–H and O–H groups in total. The van der Waals surface area contributed by atoms with Gasteiger partial charge in [-0.1, -0.05) is 20.8 Å². The lowest BCUT2D eigenvalue weighted by atomic mass is 9.89. The zero-order valence-electron chi connectivity index (χ0n) is 6.40. The van der Waals surface area contributed by atoms with Gasteiger partial charge in [0.1, 0.15) is 5.78 Å². The fourth-order valence-corrected chi connectivity index (χ4v) is 1.50. The molecule has 0 radical (unpaired) electrons. The van der Waals surface area contributed by atoms with Gasteiger partial charge in [0.15, 0.2) is 0 Å². The maximum atomic E-state index is 11.2. The first-order valence-corrected chi connectivity index (χ1v) is 3.58. The lowest BCUT2D eigenvalue weighted by molar-refractivity contribution is -0.127. The number of hydrogen-bond donors (Lipinski definition) is 0. The predicted octanol–water partition coefficient (Wildman–Crippen LogP) is 2.01. The number of carbonyl (C=O) groups excluding carboxylic acids is 1. The minimum atomic E-state index is -0.0145. The van der Waals surface area contributed by atoms with Crippen LogP contribution >= 0.6 is 0 Å². The molecule has 52 valence electrons. The summed E-state index contributed by atoms with van der Waals surface area (Å²) in [5, 5.41) is 0. The van der Waals surface area contributed by atoms with Gasteiger partial charge in [-0.05, 0) is 12.8 Å². The van der Waals surface area contributed by atoms with E-state index in [4.69, 9.17) is 0 Å². The Hall–Kier alpha value is -0.330. The van der Waals surface area contributed by atoms with E-state index in [1.807, 2.05) is 20.8 Å². The maximum absolute atomic E-state index is 11.2. The van der Waals surface area contributed by atoms with Gasteiger partial charge in [-0.2, -0.15) is 0 Å². The second kappa shape index (κ2) is 1.83. The minimum absolute atomic E-state index is 0.0145. The molecule has 1 heteroatoms. The smallest absolute Gasteiger partial charge is 0.141 e. The Morgan fingerprint density at radius 2 is 2.11 bits per heavy atom. The Kier molecular flexibility index (Phi) is 1.38. The predicted molar refractivity (Wildman–Crippen MR) is 37.2 cm³/mol. The molecule has 9 heavy (non-hydrogen) atoms. The number of hydrogen-bond acceptors (Lipinski definition) is 1. The van der Waals surface area contributed by atoms with Crippen LogP contribution in [0.3, 0.4) is 0 Å². The van der Waals surface area contributed by atoms with Crippen LogP contribution in [0.1, 0.15) is 33.6 Å². The molecule has 0 aromatic heterocycles. The van der Waals surface area contributed by atoms with Crippen molar-refractivity contribution in [3.05, 3.63) is 0 Å². The Morgan fingerprint density at radius 3 is 2.22 bits per heavy atom. The summed E-state index contributed by atoms with van der Waals surface area (Å²) in [7, 11) is 0. The molecule has 1 rings (SSSR count). The van der Waals surface area contributed by atoms with Crippen molar-refractivity contribution >= 4 is 5.78 Å². The number of rotatable bonds is 0. The highest BCUT2D eigenvalue weighted by molar-refractivity contribution is 5.87. The molecule has 1 aliphatic carbocycles. The van der Waals surface area contributed by atoms with Crippen LogP contribution < -0.4 is 0 Å². The standard InChI is InChI=1S/C8H14O/c1-6-4-5-8(2,3)7(6)9/h6H,4-5H2,1-3H3/t6-/m0/s1. The Balaban J connectivity index is 2.74. The molecule has 0 amide bonds. The van der Waals surface area contributed by atoms with E-state index in [9.17, 15) is 4.79 Å². The van der Waals surface area contributed by atoms with Crippen molar-refractivity contribution in [1.82, 2.24) is 0 Å². The molecule has 0 bridgehead atoms. The van der Waals surface area contributed by atoms with Crippen LogP contribution in [0.2, 0.25) is 0 Å². The molecule has 1 aliphatic rings. The molecule has 0 heterocycles. The Morgan fingerprint density at radius 1 is 1.56 bits per heavy atom. The SMILES string of the molecule is C[C@H]1CCC(C)(C)C1=O. The van der Waals surface area contributed by atoms with Crippen LogP contribution in [0, 0.1) is 11.3 Å². The molecule has 0 unspecified atom stereocenters. The van der Waals surface area contributed by atoms with Crippen molar-refractivity contribution in [3.8, 4) is 0 Å². The average molecular weight is 126 g/mol. The van der Waals surface area contributed by atoms with E-state index >= 15 is 0 Å². The van der Waals surface area contributed by atoms with Gasteiger partial charge in [-0.25, -0.2) is 0 Å². The number of Topliss-reactive ketones (excluding diaryl/α,β-unsaturated/α-hetero) is 1. The minimum Gasteiger partial charge on any atom is -0.299 e. The van der Waals surface area contributed by atoms with Crippen molar-refractivity contribution in [1.29, 1.82) is 0 Å². The fourth-order valence-electron chi connectivity index (χ4n) is 1.50. The number of ketones is 1. The quantitative estimate of drug-likeness (QED) is 0.485. The summed E-state index contributed by atoms with van der Waals surface area (Å²) in [4.78, 5) is 11.2. The first kappa shape index (κ1) is 6.79. The van der Waals surface area contributed by atoms with Crippen molar-refractivity contribution in [3.63, 3.8) is 0 Å². The first-order chi connectivity index (χ1) is 4.04. The summed E-state index contributed by atoms with van der Waals surface area (Å²) in [6.45, 7) is 6.11. The number of carbonyl (C=O) groups is 1. The normalized spacial score (nSPS) is 33.2. The van der Waals surface area contributed by atoms with Crippen LogP contribution in [-0.2, 0) is 4.79 Å². The molecule has 1 atom stereocenters. The molecule has 0 aromatic rings. The largest absolute Gasteiger partial charge is 0.299 e. The first-order valence-electron chi connectivity index (χ1n) is 3.58. The summed E-state index contributed by atoms with van der Waals surface area (Å²) in [6, 6.07) is 0. The third-order valence-electron chi connectivity index (χ3n) is 2.32. The average Bonchev–Trinajstić information content (AvgIpc) is 1.97. The summed E-state index contributed by atoms with van der Waals surface area (Å²) < 4.78 is 0. The topological polar surface area (TPSA) is 17.1 Å². The molecule has 1 nitrogen and oxygen atoms in total. The van der Waals surface area contributed by atoms with Gasteiger partial charge < -0.3 is 0 Å². The summed E-state index contributed by atoms with van der Waals surface area (Å²) >= 11 is 0. The van der Waals surface area contributed by atoms with Crippen LogP contribution in [0.15, 0.2) is 0 Å². The molecular formula is C8H14O. The molecule has 0 aliphatic heterocycles. The Bertz CT molecular complexity index is 136. The molecular weight excluding hydrogens is 112 g/mol. The maximum Gasteiger partial charge on any atom is 0.141 e. The van der Waals surface area contributed by atoms with E-state index in [1.54, 1.807) is 0 Å². The molecule has 1 saturated carbocycles. The van der Waals surface area contributed by atoms with Gasteiger partial charge in [-0.15, -0.1) is 0 Å². The summed E-state index contributed by atoms with van der Waals surface area (Å²) in [5.74, 6) is 0.766. The van der Waals surface area contributed by atoms with E-state index in [-0.39, 0.29) is 5.41 Å².